The van der Waals surface area contributed by atoms with Gasteiger partial charge in [-0.1, -0.05) is 39.0 Å². The van der Waals surface area contributed by atoms with Gasteiger partial charge in [0.25, 0.3) is 0 Å². The van der Waals surface area contributed by atoms with E-state index >= 15 is 0 Å². The van der Waals surface area contributed by atoms with Crippen molar-refractivity contribution in [2.24, 2.45) is 0 Å². The largest absolute Gasteiger partial charge is 1.00 e. The maximum absolute atomic E-state index is 8.55. The van der Waals surface area contributed by atoms with Crippen molar-refractivity contribution in [2.75, 3.05) is 33.0 Å². The number of aliphatic hydroxyl groups excluding tert-OH is 1. The van der Waals surface area contributed by atoms with Gasteiger partial charge < -0.3 is 33.8 Å². The van der Waals surface area contributed by atoms with Crippen LogP contribution in [0.25, 0.3) is 0 Å². The standard InChI is InChI=1S/C12H26O3.3Na.H3O4P/c1-2-3-4-5-6-7-9-14-11-12-15-10-8-13;;;;1-5(2,3)4/h13H,2-12H2,1H3;;;;(H3,1,2,3,4)/q;3*+1;/p-3. The van der Waals surface area contributed by atoms with E-state index in [1.807, 2.05) is 0 Å². The fraction of sp³-hybridized carbons (Fsp3) is 1.00. The van der Waals surface area contributed by atoms with Crippen LogP contribution in [0.4, 0.5) is 0 Å². The van der Waals surface area contributed by atoms with Crippen molar-refractivity contribution in [1.82, 2.24) is 0 Å². The van der Waals surface area contributed by atoms with E-state index in [2.05, 4.69) is 6.92 Å². The summed E-state index contributed by atoms with van der Waals surface area (Å²) in [6, 6.07) is 0. The molecule has 0 aliphatic heterocycles. The Hall–Kier alpha value is 2.99. The number of unbranched alkanes of at least 4 members (excludes halogenated alkanes) is 5. The van der Waals surface area contributed by atoms with Crippen LogP contribution < -0.4 is 103 Å². The number of rotatable bonds is 12. The third kappa shape index (κ3) is 58.8. The molecule has 0 aliphatic rings. The van der Waals surface area contributed by atoms with Crippen LogP contribution in [0.1, 0.15) is 45.4 Å². The first-order chi connectivity index (χ1) is 9.41. The van der Waals surface area contributed by atoms with E-state index in [9.17, 15) is 0 Å². The molecule has 0 rings (SSSR count). The molecule has 0 bridgehead atoms. The molecule has 0 aromatic carbocycles. The normalized spacial score (nSPS) is 9.61. The van der Waals surface area contributed by atoms with E-state index < -0.39 is 7.82 Å². The molecule has 11 heteroatoms. The summed E-state index contributed by atoms with van der Waals surface area (Å²) in [5.74, 6) is 0. The maximum Gasteiger partial charge on any atom is 1.00 e. The van der Waals surface area contributed by atoms with E-state index in [-0.39, 0.29) is 95.3 Å². The average Bonchev–Trinajstić information content (AvgIpc) is 2.34. The zero-order valence-electron chi connectivity index (χ0n) is 15.1. The minimum absolute atomic E-state index is 0. The predicted octanol–water partition coefficient (Wildman–Crippen LogP) is -9.44. The van der Waals surface area contributed by atoms with Crippen molar-refractivity contribution in [3.63, 3.8) is 0 Å². The molecule has 0 aliphatic carbocycles. The molecule has 0 saturated heterocycles. The summed E-state index contributed by atoms with van der Waals surface area (Å²) in [7, 11) is -5.39. The van der Waals surface area contributed by atoms with Crippen LogP contribution in [0.5, 0.6) is 0 Å². The minimum atomic E-state index is -5.39. The van der Waals surface area contributed by atoms with Gasteiger partial charge in [0.05, 0.1) is 26.4 Å². The number of phosphoric acid groups is 1. The Morgan fingerprint density at radius 1 is 0.783 bits per heavy atom. The summed E-state index contributed by atoms with van der Waals surface area (Å²) >= 11 is 0. The fourth-order valence-electron chi connectivity index (χ4n) is 1.37. The topological polar surface area (TPSA) is 125 Å². The monoisotopic (exact) mass is 382 g/mol. The summed E-state index contributed by atoms with van der Waals surface area (Å²) < 4.78 is 19.0. The van der Waals surface area contributed by atoms with Gasteiger partial charge in [0.15, 0.2) is 0 Å². The van der Waals surface area contributed by atoms with Crippen molar-refractivity contribution in [3.8, 4) is 0 Å². The molecule has 0 unspecified atom stereocenters. The summed E-state index contributed by atoms with van der Waals surface area (Å²) in [6.45, 7) is 4.83. The molecule has 124 valence electrons. The van der Waals surface area contributed by atoms with Gasteiger partial charge in [0.1, 0.15) is 0 Å². The molecule has 0 saturated carbocycles. The van der Waals surface area contributed by atoms with Gasteiger partial charge in [-0.2, -0.15) is 7.82 Å². The first-order valence-electron chi connectivity index (χ1n) is 6.91. The van der Waals surface area contributed by atoms with Crippen molar-refractivity contribution in [3.05, 3.63) is 0 Å². The molecule has 0 spiro atoms. The third-order valence-electron chi connectivity index (χ3n) is 2.25. The SMILES string of the molecule is CCCCCCCCOCCOCCO.O=P([O-])([O-])[O-].[Na+].[Na+].[Na+]. The second-order valence-corrected chi connectivity index (χ2v) is 5.06. The van der Waals surface area contributed by atoms with E-state index in [0.717, 1.165) is 13.0 Å². The molecule has 0 aromatic rings. The van der Waals surface area contributed by atoms with Crippen molar-refractivity contribution >= 4 is 7.82 Å². The van der Waals surface area contributed by atoms with E-state index in [1.165, 1.54) is 32.1 Å². The predicted molar refractivity (Wildman–Crippen MR) is 69.7 cm³/mol. The van der Waals surface area contributed by atoms with Crippen LogP contribution in [0.3, 0.4) is 0 Å². The molecule has 0 aromatic heterocycles. The van der Waals surface area contributed by atoms with Gasteiger partial charge in [-0.05, 0) is 6.42 Å². The zero-order valence-corrected chi connectivity index (χ0v) is 22.0. The van der Waals surface area contributed by atoms with Crippen LogP contribution in [0.2, 0.25) is 0 Å². The number of ether oxygens (including phenoxy) is 2. The quantitative estimate of drug-likeness (QED) is 0.202. The summed E-state index contributed by atoms with van der Waals surface area (Å²) in [4.78, 5) is 25.6. The van der Waals surface area contributed by atoms with Gasteiger partial charge in [0.2, 0.25) is 0 Å². The van der Waals surface area contributed by atoms with E-state index in [4.69, 9.17) is 33.8 Å². The maximum atomic E-state index is 8.55. The molecular weight excluding hydrogens is 356 g/mol. The Morgan fingerprint density at radius 2 is 1.17 bits per heavy atom. The number of hydrogen-bond donors (Lipinski definition) is 1. The summed E-state index contributed by atoms with van der Waals surface area (Å²) in [5, 5.41) is 8.44. The second-order valence-electron chi connectivity index (χ2n) is 4.16. The Labute approximate surface area is 206 Å². The van der Waals surface area contributed by atoms with Crippen LogP contribution >= 0.6 is 7.82 Å². The van der Waals surface area contributed by atoms with Gasteiger partial charge in [-0.25, -0.2) is 0 Å². The molecule has 0 radical (unpaired) electrons. The van der Waals surface area contributed by atoms with Crippen molar-refractivity contribution < 1.29 is 122 Å². The summed E-state index contributed by atoms with van der Waals surface area (Å²) in [6.07, 6.45) is 7.78. The molecule has 1 N–H and O–H groups in total. The Bertz CT molecular complexity index is 212. The second kappa shape index (κ2) is 29.7. The Morgan fingerprint density at radius 3 is 1.61 bits per heavy atom. The Balaban J connectivity index is -0.000000118. The van der Waals surface area contributed by atoms with Crippen molar-refractivity contribution in [1.29, 1.82) is 0 Å². The number of aliphatic hydroxyl groups is 1. The minimum Gasteiger partial charge on any atom is -0.822 e. The van der Waals surface area contributed by atoms with Crippen LogP contribution in [0.15, 0.2) is 0 Å². The fourth-order valence-corrected chi connectivity index (χ4v) is 1.37. The molecule has 0 amide bonds. The van der Waals surface area contributed by atoms with Gasteiger partial charge in [-0.3, -0.25) is 0 Å². The number of hydrogen-bond acceptors (Lipinski definition) is 7. The Kier molecular flexibility index (Phi) is 47.6. The summed E-state index contributed by atoms with van der Waals surface area (Å²) in [5.41, 5.74) is 0. The van der Waals surface area contributed by atoms with Gasteiger partial charge >= 0.3 is 88.7 Å². The van der Waals surface area contributed by atoms with Crippen molar-refractivity contribution in [2.45, 2.75) is 45.4 Å². The molecule has 0 fully saturated rings. The first-order valence-corrected chi connectivity index (χ1v) is 8.37. The van der Waals surface area contributed by atoms with Crippen LogP contribution in [-0.4, -0.2) is 38.1 Å². The third-order valence-corrected chi connectivity index (χ3v) is 2.25. The van der Waals surface area contributed by atoms with Crippen LogP contribution in [-0.2, 0) is 14.0 Å². The van der Waals surface area contributed by atoms with Gasteiger partial charge in [0, 0.05) is 6.61 Å². The first kappa shape index (κ1) is 36.8. The molecule has 7 nitrogen and oxygen atoms in total. The molecular formula is C12H26Na3O7P. The zero-order chi connectivity index (χ0) is 15.7. The smallest absolute Gasteiger partial charge is 0.822 e. The average molecular weight is 382 g/mol. The molecule has 23 heavy (non-hydrogen) atoms. The molecule has 0 atom stereocenters. The van der Waals surface area contributed by atoms with E-state index in [0.29, 0.717) is 19.8 Å². The van der Waals surface area contributed by atoms with E-state index in [1.54, 1.807) is 0 Å². The van der Waals surface area contributed by atoms with Crippen LogP contribution in [0, 0.1) is 0 Å². The molecule has 0 heterocycles. The van der Waals surface area contributed by atoms with Gasteiger partial charge in [-0.15, -0.1) is 0 Å².